The van der Waals surface area contributed by atoms with E-state index in [1.807, 2.05) is 24.3 Å². The topological polar surface area (TPSA) is 52.3 Å². The second kappa shape index (κ2) is 4.23. The minimum Gasteiger partial charge on any atom is -0.468 e. The molecule has 2 rings (SSSR count). The van der Waals surface area contributed by atoms with Crippen molar-refractivity contribution in [1.82, 2.24) is 0 Å². The van der Waals surface area contributed by atoms with Crippen LogP contribution >= 0.6 is 0 Å². The van der Waals surface area contributed by atoms with Crippen LogP contribution in [0.1, 0.15) is 24.0 Å². The van der Waals surface area contributed by atoms with Gasteiger partial charge in [-0.15, -0.1) is 6.42 Å². The second-order valence-corrected chi connectivity index (χ2v) is 4.38. The van der Waals surface area contributed by atoms with Crippen molar-refractivity contribution in [2.24, 2.45) is 5.73 Å². The van der Waals surface area contributed by atoms with E-state index >= 15 is 0 Å². The third kappa shape index (κ3) is 1.92. The molecule has 17 heavy (non-hydrogen) atoms. The predicted molar refractivity (Wildman–Crippen MR) is 65.3 cm³/mol. The first-order valence-corrected chi connectivity index (χ1v) is 5.54. The number of hydrogen-bond acceptors (Lipinski definition) is 3. The van der Waals surface area contributed by atoms with Crippen LogP contribution in [0.25, 0.3) is 0 Å². The molecule has 1 saturated carbocycles. The maximum Gasteiger partial charge on any atom is 0.323 e. The van der Waals surface area contributed by atoms with Crippen molar-refractivity contribution >= 4 is 5.97 Å². The SMILES string of the molecule is C#Cc1ccc(C2(C(N)C(=O)OC)CC2)cc1. The third-order valence-corrected chi connectivity index (χ3v) is 3.47. The van der Waals surface area contributed by atoms with Gasteiger partial charge < -0.3 is 10.5 Å². The number of carbonyl (C=O) groups is 1. The first kappa shape index (κ1) is 11.7. The summed E-state index contributed by atoms with van der Waals surface area (Å²) in [4.78, 5) is 11.5. The van der Waals surface area contributed by atoms with Crippen molar-refractivity contribution in [3.05, 3.63) is 35.4 Å². The molecule has 0 heterocycles. The average molecular weight is 229 g/mol. The lowest BCUT2D eigenvalue weighted by molar-refractivity contribution is -0.143. The molecule has 1 aliphatic rings. The van der Waals surface area contributed by atoms with Gasteiger partial charge in [-0.1, -0.05) is 18.1 Å². The molecule has 0 saturated heterocycles. The van der Waals surface area contributed by atoms with E-state index in [1.165, 1.54) is 7.11 Å². The zero-order valence-electron chi connectivity index (χ0n) is 9.77. The summed E-state index contributed by atoms with van der Waals surface area (Å²) < 4.78 is 4.71. The number of carbonyl (C=O) groups excluding carboxylic acids is 1. The summed E-state index contributed by atoms with van der Waals surface area (Å²) >= 11 is 0. The van der Waals surface area contributed by atoms with Gasteiger partial charge in [0.15, 0.2) is 0 Å². The summed E-state index contributed by atoms with van der Waals surface area (Å²) in [5.74, 6) is 2.21. The Hall–Kier alpha value is -1.79. The number of ether oxygens (including phenoxy) is 1. The monoisotopic (exact) mass is 229 g/mol. The number of rotatable bonds is 3. The van der Waals surface area contributed by atoms with Crippen LogP contribution in [0.2, 0.25) is 0 Å². The average Bonchev–Trinajstić information content (AvgIpc) is 3.18. The van der Waals surface area contributed by atoms with Gasteiger partial charge in [0.2, 0.25) is 0 Å². The molecule has 0 amide bonds. The second-order valence-electron chi connectivity index (χ2n) is 4.38. The molecular formula is C14H15NO2. The molecule has 1 aromatic rings. The first-order valence-electron chi connectivity index (χ1n) is 5.54. The van der Waals surface area contributed by atoms with E-state index in [4.69, 9.17) is 16.9 Å². The van der Waals surface area contributed by atoms with Crippen LogP contribution in [-0.2, 0) is 14.9 Å². The fourth-order valence-corrected chi connectivity index (χ4v) is 2.16. The van der Waals surface area contributed by atoms with Crippen LogP contribution in [0.3, 0.4) is 0 Å². The summed E-state index contributed by atoms with van der Waals surface area (Å²) in [6.07, 6.45) is 7.14. The van der Waals surface area contributed by atoms with Gasteiger partial charge in [0.1, 0.15) is 6.04 Å². The third-order valence-electron chi connectivity index (χ3n) is 3.47. The molecule has 2 N–H and O–H groups in total. The quantitative estimate of drug-likeness (QED) is 0.626. The molecule has 0 aromatic heterocycles. The number of terminal acetylenes is 1. The molecule has 1 unspecified atom stereocenters. The van der Waals surface area contributed by atoms with Crippen LogP contribution in [0, 0.1) is 12.3 Å². The van der Waals surface area contributed by atoms with Crippen LogP contribution in [0.5, 0.6) is 0 Å². The molecule has 1 aliphatic carbocycles. The summed E-state index contributed by atoms with van der Waals surface area (Å²) in [6, 6.07) is 7.05. The summed E-state index contributed by atoms with van der Waals surface area (Å²) in [5, 5.41) is 0. The highest BCUT2D eigenvalue weighted by Gasteiger charge is 2.52. The van der Waals surface area contributed by atoms with Gasteiger partial charge in [-0.25, -0.2) is 0 Å². The summed E-state index contributed by atoms with van der Waals surface area (Å²) in [7, 11) is 1.36. The highest BCUT2D eigenvalue weighted by molar-refractivity contribution is 5.78. The van der Waals surface area contributed by atoms with E-state index in [9.17, 15) is 4.79 Å². The fraction of sp³-hybridized carbons (Fsp3) is 0.357. The molecular weight excluding hydrogens is 214 g/mol. The Balaban J connectivity index is 2.26. The number of hydrogen-bond donors (Lipinski definition) is 1. The van der Waals surface area contributed by atoms with Gasteiger partial charge in [-0.05, 0) is 30.5 Å². The van der Waals surface area contributed by atoms with Crippen LogP contribution in [-0.4, -0.2) is 19.1 Å². The van der Waals surface area contributed by atoms with Crippen molar-refractivity contribution < 1.29 is 9.53 Å². The van der Waals surface area contributed by atoms with Crippen molar-refractivity contribution in [3.8, 4) is 12.3 Å². The zero-order chi connectivity index (χ0) is 12.5. The maximum absolute atomic E-state index is 11.5. The zero-order valence-corrected chi connectivity index (χ0v) is 9.77. The fourth-order valence-electron chi connectivity index (χ4n) is 2.16. The minimum absolute atomic E-state index is 0.250. The Morgan fingerprint density at radius 2 is 2.06 bits per heavy atom. The Morgan fingerprint density at radius 1 is 1.47 bits per heavy atom. The lowest BCUT2D eigenvalue weighted by Crippen LogP contribution is -2.42. The van der Waals surface area contributed by atoms with Gasteiger partial charge in [-0.3, -0.25) is 4.79 Å². The molecule has 1 atom stereocenters. The van der Waals surface area contributed by atoms with E-state index in [0.29, 0.717) is 0 Å². The van der Waals surface area contributed by atoms with Crippen molar-refractivity contribution in [3.63, 3.8) is 0 Å². The maximum atomic E-state index is 11.5. The highest BCUT2D eigenvalue weighted by atomic mass is 16.5. The Morgan fingerprint density at radius 3 is 2.47 bits per heavy atom. The van der Waals surface area contributed by atoms with E-state index in [2.05, 4.69) is 5.92 Å². The van der Waals surface area contributed by atoms with E-state index in [-0.39, 0.29) is 11.4 Å². The largest absolute Gasteiger partial charge is 0.468 e. The molecule has 88 valence electrons. The number of methoxy groups -OCH3 is 1. The minimum atomic E-state index is -0.593. The highest BCUT2D eigenvalue weighted by Crippen LogP contribution is 2.50. The van der Waals surface area contributed by atoms with Gasteiger partial charge in [0.25, 0.3) is 0 Å². The van der Waals surface area contributed by atoms with Gasteiger partial charge in [-0.2, -0.15) is 0 Å². The van der Waals surface area contributed by atoms with Crippen molar-refractivity contribution in [2.45, 2.75) is 24.3 Å². The van der Waals surface area contributed by atoms with Crippen molar-refractivity contribution in [2.75, 3.05) is 7.11 Å². The van der Waals surface area contributed by atoms with Crippen LogP contribution in [0.15, 0.2) is 24.3 Å². The lowest BCUT2D eigenvalue weighted by Gasteiger charge is -2.21. The smallest absolute Gasteiger partial charge is 0.323 e. The van der Waals surface area contributed by atoms with Gasteiger partial charge in [0.05, 0.1) is 7.11 Å². The van der Waals surface area contributed by atoms with E-state index < -0.39 is 6.04 Å². The number of esters is 1. The van der Waals surface area contributed by atoms with Gasteiger partial charge in [0, 0.05) is 11.0 Å². The standard InChI is InChI=1S/C14H15NO2/c1-3-10-4-6-11(7-5-10)14(8-9-14)12(15)13(16)17-2/h1,4-7,12H,8-9,15H2,2H3. The van der Waals surface area contributed by atoms with E-state index in [1.54, 1.807) is 0 Å². The number of benzene rings is 1. The normalized spacial score (nSPS) is 17.9. The van der Waals surface area contributed by atoms with Crippen LogP contribution in [0.4, 0.5) is 0 Å². The van der Waals surface area contributed by atoms with Gasteiger partial charge >= 0.3 is 5.97 Å². The summed E-state index contributed by atoms with van der Waals surface area (Å²) in [5.41, 5.74) is 7.60. The molecule has 0 aliphatic heterocycles. The first-order chi connectivity index (χ1) is 8.14. The Kier molecular flexibility index (Phi) is 2.91. The van der Waals surface area contributed by atoms with E-state index in [0.717, 1.165) is 24.0 Å². The predicted octanol–water partition coefficient (Wildman–Crippen LogP) is 1.20. The van der Waals surface area contributed by atoms with Crippen LogP contribution < -0.4 is 5.73 Å². The molecule has 1 aromatic carbocycles. The molecule has 3 nitrogen and oxygen atoms in total. The molecule has 3 heteroatoms. The molecule has 0 bridgehead atoms. The number of nitrogens with two attached hydrogens (primary N) is 1. The molecule has 1 fully saturated rings. The Bertz CT molecular complexity index is 466. The summed E-state index contributed by atoms with van der Waals surface area (Å²) in [6.45, 7) is 0. The lowest BCUT2D eigenvalue weighted by atomic mass is 9.88. The Labute approximate surface area is 101 Å². The molecule has 0 spiro atoms. The molecule has 0 radical (unpaired) electrons. The van der Waals surface area contributed by atoms with Crippen molar-refractivity contribution in [1.29, 1.82) is 0 Å².